The third-order valence-corrected chi connectivity index (χ3v) is 8.83. The van der Waals surface area contributed by atoms with Gasteiger partial charge in [-0.05, 0) is 30.7 Å². The van der Waals surface area contributed by atoms with E-state index < -0.39 is 28.8 Å². The van der Waals surface area contributed by atoms with Crippen LogP contribution in [-0.4, -0.2) is 29.4 Å². The number of ether oxygens (including phenoxy) is 1. The minimum absolute atomic E-state index is 0.00511. The maximum Gasteiger partial charge on any atom is 0.350 e. The number of thiazole rings is 1. The lowest BCUT2D eigenvalue weighted by Gasteiger charge is -2.32. The van der Waals surface area contributed by atoms with Gasteiger partial charge in [0.1, 0.15) is 17.1 Å². The Morgan fingerprint density at radius 2 is 1.74 bits per heavy atom. The second-order valence-electron chi connectivity index (χ2n) is 10.2. The van der Waals surface area contributed by atoms with E-state index in [0.717, 1.165) is 16.9 Å². The van der Waals surface area contributed by atoms with Gasteiger partial charge in [-0.15, -0.1) is 0 Å². The van der Waals surface area contributed by atoms with Gasteiger partial charge in [0.25, 0.3) is 11.8 Å². The van der Waals surface area contributed by atoms with Crippen LogP contribution in [0.1, 0.15) is 42.6 Å². The van der Waals surface area contributed by atoms with Crippen LogP contribution in [0.5, 0.6) is 0 Å². The van der Waals surface area contributed by atoms with Crippen molar-refractivity contribution in [2.24, 2.45) is 0 Å². The number of esters is 1. The standard InChI is InChI=1S/C33H23N3O6S/c1-3-17-41-30(39)28-19(2)34-32(43-28)36-29(38)27-25(26(37)21-13-7-10-16-24(21)42-27)33(36)22-14-8-9-15-23(22)35(31(33)40)18-20-11-5-4-6-12-20/h3-16H,1,17-18H2,2H3. The van der Waals surface area contributed by atoms with E-state index in [9.17, 15) is 19.2 Å². The van der Waals surface area contributed by atoms with E-state index in [1.165, 1.54) is 11.0 Å². The van der Waals surface area contributed by atoms with Crippen LogP contribution in [0.4, 0.5) is 10.8 Å². The first-order valence-corrected chi connectivity index (χ1v) is 14.3. The number of rotatable bonds is 6. The third kappa shape index (κ3) is 3.73. The molecular formula is C33H23N3O6S. The number of aryl methyl sites for hydroxylation is 1. The molecule has 0 saturated carbocycles. The van der Waals surface area contributed by atoms with Crippen molar-refractivity contribution in [3.05, 3.63) is 135 Å². The summed E-state index contributed by atoms with van der Waals surface area (Å²) < 4.78 is 11.3. The molecule has 0 fully saturated rings. The summed E-state index contributed by atoms with van der Waals surface area (Å²) in [7, 11) is 0. The van der Waals surface area contributed by atoms with E-state index in [0.29, 0.717) is 16.9 Å². The molecule has 9 nitrogen and oxygen atoms in total. The summed E-state index contributed by atoms with van der Waals surface area (Å²) in [5.41, 5.74) is -0.0963. The topological polar surface area (TPSA) is 110 Å². The summed E-state index contributed by atoms with van der Waals surface area (Å²) in [6.45, 7) is 5.39. The molecule has 2 aliphatic rings. The lowest BCUT2D eigenvalue weighted by molar-refractivity contribution is -0.121. The number of carbonyl (C=O) groups excluding carboxylic acids is 3. The van der Waals surface area contributed by atoms with Crippen LogP contribution in [0.2, 0.25) is 0 Å². The van der Waals surface area contributed by atoms with Crippen LogP contribution < -0.4 is 15.2 Å². The van der Waals surface area contributed by atoms with Gasteiger partial charge in [-0.1, -0.05) is 84.7 Å². The molecule has 0 saturated heterocycles. The number of hydrogen-bond acceptors (Lipinski definition) is 8. The molecule has 4 heterocycles. The third-order valence-electron chi connectivity index (χ3n) is 7.71. The van der Waals surface area contributed by atoms with Crippen molar-refractivity contribution < 1.29 is 23.5 Å². The number of aromatic nitrogens is 1. The average molecular weight is 590 g/mol. The molecule has 0 radical (unpaired) electrons. The Hall–Kier alpha value is -5.35. The molecular weight excluding hydrogens is 566 g/mol. The number of carbonyl (C=O) groups is 3. The van der Waals surface area contributed by atoms with Gasteiger partial charge in [0.15, 0.2) is 16.1 Å². The van der Waals surface area contributed by atoms with Crippen LogP contribution in [0.25, 0.3) is 11.0 Å². The van der Waals surface area contributed by atoms with Gasteiger partial charge >= 0.3 is 5.97 Å². The number of hydrogen-bond donors (Lipinski definition) is 0. The Labute approximate surface area is 249 Å². The normalized spacial score (nSPS) is 17.0. The van der Waals surface area contributed by atoms with Gasteiger partial charge in [-0.3, -0.25) is 19.3 Å². The predicted octanol–water partition coefficient (Wildman–Crippen LogP) is 5.35. The zero-order valence-electron chi connectivity index (χ0n) is 22.9. The summed E-state index contributed by atoms with van der Waals surface area (Å²) in [5.74, 6) is -2.08. The number of benzene rings is 3. The SMILES string of the molecule is C=CCOC(=O)c1sc(N2C(=O)c3oc4ccccc4c(=O)c3C23C(=O)N(Cc2ccccc2)c2ccccc23)nc1C. The Morgan fingerprint density at radius 1 is 1.02 bits per heavy atom. The van der Waals surface area contributed by atoms with Gasteiger partial charge in [0.05, 0.1) is 28.9 Å². The predicted molar refractivity (Wildman–Crippen MR) is 161 cm³/mol. The largest absolute Gasteiger partial charge is 0.457 e. The first-order valence-electron chi connectivity index (χ1n) is 13.5. The van der Waals surface area contributed by atoms with Crippen molar-refractivity contribution in [1.82, 2.24) is 4.98 Å². The van der Waals surface area contributed by atoms with Gasteiger partial charge in [-0.2, -0.15) is 0 Å². The maximum atomic E-state index is 15.0. The number of para-hydroxylation sites is 2. The van der Waals surface area contributed by atoms with Gasteiger partial charge < -0.3 is 14.1 Å². The zero-order chi connectivity index (χ0) is 29.9. The van der Waals surface area contributed by atoms with Crippen molar-refractivity contribution >= 4 is 50.9 Å². The second kappa shape index (κ2) is 9.88. The summed E-state index contributed by atoms with van der Waals surface area (Å²) in [5, 5.41) is 0.304. The highest BCUT2D eigenvalue weighted by atomic mass is 32.1. The number of fused-ring (bicyclic) bond motifs is 5. The molecule has 1 atom stereocenters. The van der Waals surface area contributed by atoms with Gasteiger partial charge in [0.2, 0.25) is 5.76 Å². The van der Waals surface area contributed by atoms with Crippen LogP contribution in [-0.2, 0) is 21.6 Å². The maximum absolute atomic E-state index is 15.0. The fourth-order valence-corrected chi connectivity index (χ4v) is 6.91. The van der Waals surface area contributed by atoms with E-state index in [2.05, 4.69) is 11.6 Å². The second-order valence-corrected chi connectivity index (χ2v) is 11.2. The first-order chi connectivity index (χ1) is 20.9. The van der Waals surface area contributed by atoms with Crippen molar-refractivity contribution in [3.63, 3.8) is 0 Å². The molecule has 212 valence electrons. The highest BCUT2D eigenvalue weighted by molar-refractivity contribution is 7.17. The molecule has 2 aromatic heterocycles. The molecule has 3 aromatic carbocycles. The number of nitrogens with zero attached hydrogens (tertiary/aromatic N) is 3. The smallest absolute Gasteiger partial charge is 0.350 e. The minimum atomic E-state index is -1.92. The van der Waals surface area contributed by atoms with Crippen LogP contribution in [0.15, 0.2) is 101 Å². The molecule has 0 N–H and O–H groups in total. The summed E-state index contributed by atoms with van der Waals surface area (Å²) >= 11 is 0.913. The van der Waals surface area contributed by atoms with E-state index in [1.54, 1.807) is 60.4 Å². The van der Waals surface area contributed by atoms with Crippen molar-refractivity contribution in [2.75, 3.05) is 16.4 Å². The molecule has 5 aromatic rings. The van der Waals surface area contributed by atoms with Gasteiger partial charge in [0, 0.05) is 5.56 Å². The molecule has 0 aliphatic carbocycles. The van der Waals surface area contributed by atoms with E-state index in [1.807, 2.05) is 30.3 Å². The number of anilines is 2. The van der Waals surface area contributed by atoms with Crippen LogP contribution in [0, 0.1) is 6.92 Å². The Morgan fingerprint density at radius 3 is 2.53 bits per heavy atom. The van der Waals surface area contributed by atoms with E-state index in [-0.39, 0.29) is 45.5 Å². The summed E-state index contributed by atoms with van der Waals surface area (Å²) in [6.07, 6.45) is 1.45. The highest BCUT2D eigenvalue weighted by Crippen LogP contribution is 2.55. The molecule has 7 rings (SSSR count). The Kier molecular flexibility index (Phi) is 6.10. The number of amides is 2. The van der Waals surface area contributed by atoms with Crippen LogP contribution in [0.3, 0.4) is 0 Å². The van der Waals surface area contributed by atoms with Crippen molar-refractivity contribution in [3.8, 4) is 0 Å². The quantitative estimate of drug-likeness (QED) is 0.194. The Balaban J connectivity index is 1.52. The molecule has 43 heavy (non-hydrogen) atoms. The molecule has 1 unspecified atom stereocenters. The summed E-state index contributed by atoms with van der Waals surface area (Å²) in [6, 6.07) is 23.2. The van der Waals surface area contributed by atoms with Gasteiger partial charge in [-0.25, -0.2) is 9.78 Å². The fourth-order valence-electron chi connectivity index (χ4n) is 5.90. The molecule has 1 spiro atoms. The zero-order valence-corrected chi connectivity index (χ0v) is 23.7. The summed E-state index contributed by atoms with van der Waals surface area (Å²) in [4.78, 5) is 64.1. The van der Waals surface area contributed by atoms with E-state index in [4.69, 9.17) is 9.15 Å². The Bertz CT molecular complexity index is 2050. The lowest BCUT2D eigenvalue weighted by Crippen LogP contribution is -2.53. The first kappa shape index (κ1) is 26.5. The minimum Gasteiger partial charge on any atom is -0.457 e. The highest BCUT2D eigenvalue weighted by Gasteiger charge is 2.66. The van der Waals surface area contributed by atoms with Crippen LogP contribution >= 0.6 is 11.3 Å². The van der Waals surface area contributed by atoms with Crippen molar-refractivity contribution in [1.29, 1.82) is 0 Å². The van der Waals surface area contributed by atoms with E-state index >= 15 is 0 Å². The fraction of sp³-hybridized carbons (Fsp3) is 0.121. The molecule has 10 heteroatoms. The molecule has 2 aliphatic heterocycles. The van der Waals surface area contributed by atoms with Crippen molar-refractivity contribution in [2.45, 2.75) is 19.0 Å². The molecule has 0 bridgehead atoms. The lowest BCUT2D eigenvalue weighted by atomic mass is 9.84. The monoisotopic (exact) mass is 589 g/mol. The average Bonchev–Trinajstić information content (AvgIpc) is 3.61. The molecule has 2 amide bonds.